The van der Waals surface area contributed by atoms with E-state index in [4.69, 9.17) is 4.74 Å². The monoisotopic (exact) mass is 485 g/mol. The third-order valence-corrected chi connectivity index (χ3v) is 7.00. The van der Waals surface area contributed by atoms with E-state index in [-0.39, 0.29) is 21.3 Å². The average molecular weight is 486 g/mol. The van der Waals surface area contributed by atoms with Crippen molar-refractivity contribution in [3.63, 3.8) is 0 Å². The van der Waals surface area contributed by atoms with Crippen molar-refractivity contribution >= 4 is 42.6 Å². The number of halogens is 3. The zero-order valence-electron chi connectivity index (χ0n) is 16.5. The maximum absolute atomic E-state index is 12.6. The molecule has 3 aromatic rings. The normalized spacial score (nSPS) is 14.5. The summed E-state index contributed by atoms with van der Waals surface area (Å²) in [6.45, 7) is -1.03. The second-order valence-corrected chi connectivity index (χ2v) is 10.1. The first-order valence-corrected chi connectivity index (χ1v) is 11.9. The van der Waals surface area contributed by atoms with Crippen LogP contribution in [0, 0.1) is 5.92 Å². The Morgan fingerprint density at radius 1 is 1.19 bits per heavy atom. The van der Waals surface area contributed by atoms with Crippen LogP contribution in [-0.2, 0) is 10.0 Å². The predicted octanol–water partition coefficient (Wildman–Crippen LogP) is 4.18. The molecule has 32 heavy (non-hydrogen) atoms. The molecule has 0 unspecified atom stereocenters. The summed E-state index contributed by atoms with van der Waals surface area (Å²) in [5.74, 6) is -0.153. The Morgan fingerprint density at radius 3 is 2.69 bits per heavy atom. The topological polar surface area (TPSA) is 97.4 Å². The van der Waals surface area contributed by atoms with Gasteiger partial charge in [0.05, 0.1) is 15.1 Å². The summed E-state index contributed by atoms with van der Waals surface area (Å²) in [5.41, 5.74) is 0.609. The molecule has 0 saturated heterocycles. The van der Waals surface area contributed by atoms with Crippen molar-refractivity contribution in [1.82, 2.24) is 9.71 Å². The third kappa shape index (κ3) is 5.75. The van der Waals surface area contributed by atoms with Gasteiger partial charge in [0.15, 0.2) is 11.7 Å². The highest BCUT2D eigenvalue weighted by Crippen LogP contribution is 2.31. The molecule has 4 rings (SSSR count). The van der Waals surface area contributed by atoms with E-state index in [2.05, 4.69) is 15.0 Å². The van der Waals surface area contributed by atoms with E-state index in [1.807, 2.05) is 0 Å². The molecule has 1 aromatic heterocycles. The van der Waals surface area contributed by atoms with Gasteiger partial charge in [0, 0.05) is 12.1 Å². The van der Waals surface area contributed by atoms with Crippen LogP contribution in [0.1, 0.15) is 23.2 Å². The zero-order chi connectivity index (χ0) is 22.9. The fourth-order valence-electron chi connectivity index (χ4n) is 2.82. The van der Waals surface area contributed by atoms with Gasteiger partial charge in [-0.15, -0.1) is 0 Å². The van der Waals surface area contributed by atoms with Gasteiger partial charge >= 0.3 is 6.18 Å². The van der Waals surface area contributed by atoms with E-state index in [1.165, 1.54) is 42.5 Å². The number of thiazole rings is 1. The zero-order valence-corrected chi connectivity index (χ0v) is 18.1. The van der Waals surface area contributed by atoms with Gasteiger partial charge in [-0.1, -0.05) is 17.4 Å². The van der Waals surface area contributed by atoms with Crippen LogP contribution in [0.15, 0.2) is 47.4 Å². The Kier molecular flexibility index (Phi) is 6.10. The number of nitrogens with one attached hydrogen (secondary N) is 2. The van der Waals surface area contributed by atoms with E-state index in [0.29, 0.717) is 22.7 Å². The van der Waals surface area contributed by atoms with E-state index in [9.17, 15) is 26.4 Å². The maximum atomic E-state index is 12.6. The summed E-state index contributed by atoms with van der Waals surface area (Å²) >= 11 is 1.06. The largest absolute Gasteiger partial charge is 0.484 e. The first kappa shape index (κ1) is 22.5. The molecule has 2 N–H and O–H groups in total. The lowest BCUT2D eigenvalue weighted by atomic mass is 10.2. The Hall–Kier alpha value is -2.70. The Balaban J connectivity index is 1.46. The van der Waals surface area contributed by atoms with Gasteiger partial charge in [-0.25, -0.2) is 18.1 Å². The SMILES string of the molecule is O=C(Nc1nc2ccc(OCC(F)(F)F)cc2s1)c1cccc(S(=O)(=O)NCC2CC2)c1. The molecule has 1 amide bonds. The smallest absolute Gasteiger partial charge is 0.422 e. The molecule has 1 fully saturated rings. The van der Waals surface area contributed by atoms with Crippen molar-refractivity contribution in [2.75, 3.05) is 18.5 Å². The van der Waals surface area contributed by atoms with Crippen LogP contribution in [0.5, 0.6) is 5.75 Å². The lowest BCUT2D eigenvalue weighted by Gasteiger charge is -2.08. The van der Waals surface area contributed by atoms with Crippen molar-refractivity contribution in [2.45, 2.75) is 23.9 Å². The molecule has 12 heteroatoms. The van der Waals surface area contributed by atoms with E-state index < -0.39 is 28.7 Å². The van der Waals surface area contributed by atoms with Crippen LogP contribution in [0.4, 0.5) is 18.3 Å². The molecule has 170 valence electrons. The van der Waals surface area contributed by atoms with Crippen LogP contribution in [0.2, 0.25) is 0 Å². The summed E-state index contributed by atoms with van der Waals surface area (Å²) in [6.07, 6.45) is -2.44. The van der Waals surface area contributed by atoms with Gasteiger partial charge < -0.3 is 4.74 Å². The fourth-order valence-corrected chi connectivity index (χ4v) is 4.87. The first-order valence-electron chi connectivity index (χ1n) is 9.60. The number of hydrogen-bond acceptors (Lipinski definition) is 6. The predicted molar refractivity (Wildman–Crippen MR) is 113 cm³/mol. The second kappa shape index (κ2) is 8.68. The lowest BCUT2D eigenvalue weighted by molar-refractivity contribution is -0.153. The van der Waals surface area contributed by atoms with Crippen molar-refractivity contribution in [1.29, 1.82) is 0 Å². The molecule has 0 atom stereocenters. The van der Waals surface area contributed by atoms with Crippen molar-refractivity contribution in [2.24, 2.45) is 5.92 Å². The van der Waals surface area contributed by atoms with E-state index in [1.54, 1.807) is 0 Å². The number of hydrogen-bond donors (Lipinski definition) is 2. The average Bonchev–Trinajstić information content (AvgIpc) is 3.49. The van der Waals surface area contributed by atoms with Crippen LogP contribution < -0.4 is 14.8 Å². The molecule has 1 aliphatic carbocycles. The summed E-state index contributed by atoms with van der Waals surface area (Å²) in [4.78, 5) is 16.8. The van der Waals surface area contributed by atoms with Gasteiger partial charge in [0.2, 0.25) is 10.0 Å². The highest BCUT2D eigenvalue weighted by molar-refractivity contribution is 7.89. The molecule has 2 aromatic carbocycles. The molecular formula is C20H18F3N3O4S2. The molecule has 0 bridgehead atoms. The quantitative estimate of drug-likeness (QED) is 0.499. The molecule has 0 aliphatic heterocycles. The van der Waals surface area contributed by atoms with Crippen molar-refractivity contribution in [3.8, 4) is 5.75 Å². The molecular weight excluding hydrogens is 467 g/mol. The van der Waals surface area contributed by atoms with Crippen molar-refractivity contribution in [3.05, 3.63) is 48.0 Å². The minimum Gasteiger partial charge on any atom is -0.484 e. The number of ether oxygens (including phenoxy) is 1. The summed E-state index contributed by atoms with van der Waals surface area (Å²) < 4.78 is 69.6. The highest BCUT2D eigenvalue weighted by Gasteiger charge is 2.28. The number of carbonyl (C=O) groups excluding carboxylic acids is 1. The number of carbonyl (C=O) groups is 1. The lowest BCUT2D eigenvalue weighted by Crippen LogP contribution is -2.26. The Bertz CT molecular complexity index is 1250. The summed E-state index contributed by atoms with van der Waals surface area (Å²) in [6, 6.07) is 9.91. The molecule has 7 nitrogen and oxygen atoms in total. The number of anilines is 1. The number of amides is 1. The number of nitrogens with zero attached hydrogens (tertiary/aromatic N) is 1. The number of benzene rings is 2. The summed E-state index contributed by atoms with van der Waals surface area (Å²) in [7, 11) is -3.72. The maximum Gasteiger partial charge on any atom is 0.422 e. The molecule has 1 aliphatic rings. The Labute approximate surface area is 185 Å². The molecule has 1 saturated carbocycles. The van der Waals surface area contributed by atoms with Crippen LogP contribution >= 0.6 is 11.3 Å². The second-order valence-electron chi connectivity index (χ2n) is 7.33. The van der Waals surface area contributed by atoms with Crippen LogP contribution in [-0.4, -0.2) is 38.6 Å². The minimum absolute atomic E-state index is 0.0124. The van der Waals surface area contributed by atoms with Gasteiger partial charge in [-0.05, 0) is 55.2 Å². The standard InChI is InChI=1S/C20H18F3N3O4S2/c21-20(22,23)11-30-14-6-7-16-17(9-14)31-19(25-16)26-18(27)13-2-1-3-15(8-13)32(28,29)24-10-12-4-5-12/h1-3,6-9,12,24H,4-5,10-11H2,(H,25,26,27). The van der Waals surface area contributed by atoms with Crippen LogP contribution in [0.3, 0.4) is 0 Å². The van der Waals surface area contributed by atoms with Crippen molar-refractivity contribution < 1.29 is 31.1 Å². The number of alkyl halides is 3. The number of fused-ring (bicyclic) bond motifs is 1. The first-order chi connectivity index (χ1) is 15.1. The number of sulfonamides is 1. The highest BCUT2D eigenvalue weighted by atomic mass is 32.2. The number of aromatic nitrogens is 1. The van der Waals surface area contributed by atoms with Gasteiger partial charge in [0.1, 0.15) is 5.75 Å². The molecule has 1 heterocycles. The van der Waals surface area contributed by atoms with Gasteiger partial charge in [-0.3, -0.25) is 10.1 Å². The molecule has 0 radical (unpaired) electrons. The van der Waals surface area contributed by atoms with E-state index in [0.717, 1.165) is 24.2 Å². The Morgan fingerprint density at radius 2 is 1.97 bits per heavy atom. The van der Waals surface area contributed by atoms with E-state index >= 15 is 0 Å². The fraction of sp³-hybridized carbons (Fsp3) is 0.300. The minimum atomic E-state index is -4.45. The third-order valence-electron chi connectivity index (χ3n) is 4.65. The van der Waals surface area contributed by atoms with Crippen LogP contribution in [0.25, 0.3) is 10.2 Å². The van der Waals surface area contributed by atoms with Gasteiger partial charge in [-0.2, -0.15) is 13.2 Å². The van der Waals surface area contributed by atoms with Gasteiger partial charge in [0.25, 0.3) is 5.91 Å². The molecule has 0 spiro atoms. The number of rotatable bonds is 8. The summed E-state index contributed by atoms with van der Waals surface area (Å²) in [5, 5.41) is 2.82.